The quantitative estimate of drug-likeness (QED) is 0.468. The molecule has 1 fully saturated rings. The fourth-order valence-corrected chi connectivity index (χ4v) is 3.03. The van der Waals surface area contributed by atoms with Crippen molar-refractivity contribution in [2.45, 2.75) is 0 Å². The second-order valence-corrected chi connectivity index (χ2v) is 6.38. The molecule has 1 aliphatic rings. The highest BCUT2D eigenvalue weighted by atomic mass is 35.5. The third kappa shape index (κ3) is 4.21. The summed E-state index contributed by atoms with van der Waals surface area (Å²) in [4.78, 5) is 26.8. The van der Waals surface area contributed by atoms with Crippen LogP contribution in [0.2, 0.25) is 5.02 Å². The van der Waals surface area contributed by atoms with Gasteiger partial charge in [-0.05, 0) is 29.8 Å². The number of amides is 1. The van der Waals surface area contributed by atoms with Crippen LogP contribution in [0.4, 0.5) is 11.4 Å². The SMILES string of the molecule is O=C(/C=C/c1ccc(Cl)cc1)N1CCN(c2ccccc2[N+](=O)[O-])CC1. The van der Waals surface area contributed by atoms with Gasteiger partial charge in [-0.3, -0.25) is 14.9 Å². The van der Waals surface area contributed by atoms with Crippen LogP contribution in [0, 0.1) is 10.1 Å². The standard InChI is InChI=1S/C19H18ClN3O3/c20-16-8-5-15(6-9-16)7-10-19(24)22-13-11-21(12-14-22)17-3-1-2-4-18(17)23(25)26/h1-10H,11-14H2/b10-7+. The zero-order valence-corrected chi connectivity index (χ0v) is 14.8. The summed E-state index contributed by atoms with van der Waals surface area (Å²) in [5.41, 5.74) is 1.59. The van der Waals surface area contributed by atoms with E-state index in [1.165, 1.54) is 6.07 Å². The minimum atomic E-state index is -0.373. The van der Waals surface area contributed by atoms with Gasteiger partial charge in [0.05, 0.1) is 4.92 Å². The molecule has 0 bridgehead atoms. The number of nitrogens with zero attached hydrogens (tertiary/aromatic N) is 3. The molecule has 1 saturated heterocycles. The van der Waals surface area contributed by atoms with E-state index in [1.54, 1.807) is 47.4 Å². The van der Waals surface area contributed by atoms with Gasteiger partial charge < -0.3 is 9.80 Å². The van der Waals surface area contributed by atoms with E-state index in [-0.39, 0.29) is 16.5 Å². The molecule has 26 heavy (non-hydrogen) atoms. The lowest BCUT2D eigenvalue weighted by molar-refractivity contribution is -0.384. The summed E-state index contributed by atoms with van der Waals surface area (Å²) < 4.78 is 0. The van der Waals surface area contributed by atoms with Crippen molar-refractivity contribution in [3.05, 3.63) is 75.3 Å². The smallest absolute Gasteiger partial charge is 0.292 e. The summed E-state index contributed by atoms with van der Waals surface area (Å²) in [7, 11) is 0. The van der Waals surface area contributed by atoms with Crippen LogP contribution in [0.3, 0.4) is 0 Å². The van der Waals surface area contributed by atoms with E-state index in [9.17, 15) is 14.9 Å². The van der Waals surface area contributed by atoms with E-state index in [2.05, 4.69) is 0 Å². The molecule has 1 aliphatic heterocycles. The highest BCUT2D eigenvalue weighted by molar-refractivity contribution is 6.30. The van der Waals surface area contributed by atoms with Crippen molar-refractivity contribution in [1.82, 2.24) is 4.90 Å². The van der Waals surface area contributed by atoms with Crippen LogP contribution in [0.15, 0.2) is 54.6 Å². The van der Waals surface area contributed by atoms with E-state index in [4.69, 9.17) is 11.6 Å². The average Bonchev–Trinajstić information content (AvgIpc) is 2.67. The lowest BCUT2D eigenvalue weighted by Crippen LogP contribution is -2.48. The summed E-state index contributed by atoms with van der Waals surface area (Å²) in [5.74, 6) is -0.0674. The molecule has 0 spiro atoms. The van der Waals surface area contributed by atoms with Gasteiger partial charge in [0.15, 0.2) is 0 Å². The fraction of sp³-hybridized carbons (Fsp3) is 0.211. The molecule has 3 rings (SSSR count). The Kier molecular flexibility index (Phi) is 5.53. The number of hydrogen-bond donors (Lipinski definition) is 0. The van der Waals surface area contributed by atoms with Gasteiger partial charge >= 0.3 is 0 Å². The second-order valence-electron chi connectivity index (χ2n) is 5.94. The molecule has 0 atom stereocenters. The number of nitro groups is 1. The van der Waals surface area contributed by atoms with Crippen molar-refractivity contribution in [3.8, 4) is 0 Å². The zero-order valence-electron chi connectivity index (χ0n) is 14.0. The van der Waals surface area contributed by atoms with Crippen LogP contribution < -0.4 is 4.90 Å². The molecular formula is C19H18ClN3O3. The monoisotopic (exact) mass is 371 g/mol. The first-order chi connectivity index (χ1) is 12.5. The maximum absolute atomic E-state index is 12.3. The van der Waals surface area contributed by atoms with Crippen molar-refractivity contribution >= 4 is 35.0 Å². The topological polar surface area (TPSA) is 66.7 Å². The van der Waals surface area contributed by atoms with Gasteiger partial charge in [-0.1, -0.05) is 35.9 Å². The molecule has 1 amide bonds. The van der Waals surface area contributed by atoms with E-state index < -0.39 is 0 Å². The average molecular weight is 372 g/mol. The Morgan fingerprint density at radius 3 is 2.35 bits per heavy atom. The van der Waals surface area contributed by atoms with Crippen molar-refractivity contribution in [2.24, 2.45) is 0 Å². The van der Waals surface area contributed by atoms with Crippen LogP contribution in [0.5, 0.6) is 0 Å². The first-order valence-corrected chi connectivity index (χ1v) is 8.63. The molecule has 0 saturated carbocycles. The van der Waals surface area contributed by atoms with Gasteiger partial charge in [-0.2, -0.15) is 0 Å². The van der Waals surface area contributed by atoms with Gasteiger partial charge in [-0.15, -0.1) is 0 Å². The minimum absolute atomic E-state index is 0.0674. The number of para-hydroxylation sites is 2. The van der Waals surface area contributed by atoms with Gasteiger partial charge in [0.2, 0.25) is 5.91 Å². The molecule has 7 heteroatoms. The highest BCUT2D eigenvalue weighted by Crippen LogP contribution is 2.28. The first kappa shape index (κ1) is 17.9. The van der Waals surface area contributed by atoms with Crippen LogP contribution in [-0.2, 0) is 4.79 Å². The summed E-state index contributed by atoms with van der Waals surface area (Å²) in [5, 5.41) is 11.8. The Labute approximate surface area is 156 Å². The number of hydrogen-bond acceptors (Lipinski definition) is 4. The maximum atomic E-state index is 12.3. The predicted molar refractivity (Wildman–Crippen MR) is 102 cm³/mol. The normalized spacial score (nSPS) is 14.7. The maximum Gasteiger partial charge on any atom is 0.292 e. The number of rotatable bonds is 4. The molecule has 0 radical (unpaired) electrons. The largest absolute Gasteiger partial charge is 0.362 e. The number of halogens is 1. The van der Waals surface area contributed by atoms with Crippen molar-refractivity contribution < 1.29 is 9.72 Å². The van der Waals surface area contributed by atoms with Gasteiger partial charge in [-0.25, -0.2) is 0 Å². The lowest BCUT2D eigenvalue weighted by Gasteiger charge is -2.35. The van der Waals surface area contributed by atoms with Crippen LogP contribution in [0.1, 0.15) is 5.56 Å². The van der Waals surface area contributed by atoms with Gasteiger partial charge in [0, 0.05) is 43.3 Å². The molecule has 2 aromatic carbocycles. The third-order valence-electron chi connectivity index (χ3n) is 4.30. The molecule has 134 valence electrons. The summed E-state index contributed by atoms with van der Waals surface area (Å²) in [6.45, 7) is 2.17. The summed E-state index contributed by atoms with van der Waals surface area (Å²) in [6.07, 6.45) is 3.30. The molecule has 6 nitrogen and oxygen atoms in total. The Balaban J connectivity index is 1.61. The molecule has 0 unspecified atom stereocenters. The van der Waals surface area contributed by atoms with Crippen molar-refractivity contribution in [2.75, 3.05) is 31.1 Å². The van der Waals surface area contributed by atoms with Crippen LogP contribution >= 0.6 is 11.6 Å². The predicted octanol–water partition coefficient (Wildman–Crippen LogP) is 3.61. The Bertz CT molecular complexity index is 828. The second kappa shape index (κ2) is 8.01. The zero-order chi connectivity index (χ0) is 18.5. The summed E-state index contributed by atoms with van der Waals surface area (Å²) >= 11 is 5.84. The Morgan fingerprint density at radius 2 is 1.69 bits per heavy atom. The molecule has 0 aliphatic carbocycles. The Hall–Kier alpha value is -2.86. The molecule has 1 heterocycles. The van der Waals surface area contributed by atoms with E-state index in [1.807, 2.05) is 17.0 Å². The fourth-order valence-electron chi connectivity index (χ4n) is 2.90. The Morgan fingerprint density at radius 1 is 1.04 bits per heavy atom. The molecular weight excluding hydrogens is 354 g/mol. The highest BCUT2D eigenvalue weighted by Gasteiger charge is 2.24. The molecule has 0 N–H and O–H groups in total. The number of carbonyl (C=O) groups excluding carboxylic acids is 1. The first-order valence-electron chi connectivity index (χ1n) is 8.25. The number of anilines is 1. The minimum Gasteiger partial charge on any atom is -0.362 e. The number of piperazine rings is 1. The van der Waals surface area contributed by atoms with Crippen molar-refractivity contribution in [3.63, 3.8) is 0 Å². The van der Waals surface area contributed by atoms with Gasteiger partial charge in [0.1, 0.15) is 5.69 Å². The van der Waals surface area contributed by atoms with Gasteiger partial charge in [0.25, 0.3) is 5.69 Å². The van der Waals surface area contributed by atoms with Crippen LogP contribution in [0.25, 0.3) is 6.08 Å². The third-order valence-corrected chi connectivity index (χ3v) is 4.55. The van der Waals surface area contributed by atoms with E-state index in [0.29, 0.717) is 36.9 Å². The number of carbonyl (C=O) groups is 1. The summed E-state index contributed by atoms with van der Waals surface area (Å²) in [6, 6.07) is 13.9. The van der Waals surface area contributed by atoms with E-state index >= 15 is 0 Å². The van der Waals surface area contributed by atoms with Crippen molar-refractivity contribution in [1.29, 1.82) is 0 Å². The van der Waals surface area contributed by atoms with Crippen LogP contribution in [-0.4, -0.2) is 41.9 Å². The lowest BCUT2D eigenvalue weighted by atomic mass is 10.2. The molecule has 0 aromatic heterocycles. The molecule has 2 aromatic rings. The van der Waals surface area contributed by atoms with E-state index in [0.717, 1.165) is 5.56 Å². The number of nitro benzene ring substituents is 1. The number of benzene rings is 2.